The summed E-state index contributed by atoms with van der Waals surface area (Å²) in [6.07, 6.45) is 5.13. The van der Waals surface area contributed by atoms with Crippen LogP contribution in [0.15, 0.2) is 76.3 Å². The molecule has 0 radical (unpaired) electrons. The highest BCUT2D eigenvalue weighted by atomic mass is 35.5. The van der Waals surface area contributed by atoms with Crippen molar-refractivity contribution in [3.05, 3.63) is 77.9 Å². The van der Waals surface area contributed by atoms with Gasteiger partial charge in [-0.2, -0.15) is 0 Å². The number of carbonyl (C=O) groups is 1. The first-order chi connectivity index (χ1) is 19.6. The van der Waals surface area contributed by atoms with Crippen LogP contribution in [-0.2, 0) is 14.6 Å². The van der Waals surface area contributed by atoms with Crippen LogP contribution in [0.1, 0.15) is 12.8 Å². The molecule has 0 aliphatic carbocycles. The van der Waals surface area contributed by atoms with Crippen LogP contribution in [0, 0.1) is 0 Å². The van der Waals surface area contributed by atoms with Crippen LogP contribution in [0.4, 0.5) is 5.95 Å². The number of aromatic nitrogens is 7. The molecule has 0 aliphatic heterocycles. The lowest BCUT2D eigenvalue weighted by atomic mass is 10.2. The van der Waals surface area contributed by atoms with Crippen LogP contribution in [0.5, 0.6) is 5.88 Å². The van der Waals surface area contributed by atoms with Gasteiger partial charge in [0, 0.05) is 41.9 Å². The number of sulfone groups is 1. The number of rotatable bonds is 8. The Morgan fingerprint density at radius 1 is 1.07 bits per heavy atom. The molecule has 5 aromatic rings. The van der Waals surface area contributed by atoms with E-state index >= 15 is 0 Å². The molecule has 0 spiro atoms. The summed E-state index contributed by atoms with van der Waals surface area (Å²) in [5, 5.41) is 19.4. The Balaban J connectivity index is 1.45. The lowest BCUT2D eigenvalue weighted by Crippen LogP contribution is -2.14. The molecule has 208 valence electrons. The molecule has 1 amide bonds. The van der Waals surface area contributed by atoms with Gasteiger partial charge < -0.3 is 9.15 Å². The van der Waals surface area contributed by atoms with Crippen molar-refractivity contribution in [2.24, 2.45) is 0 Å². The number of amides is 1. The Hall–Kier alpha value is -4.95. The van der Waals surface area contributed by atoms with Gasteiger partial charge in [0.2, 0.25) is 23.6 Å². The molecule has 0 atom stereocenters. The quantitative estimate of drug-likeness (QED) is 0.259. The molecule has 41 heavy (non-hydrogen) atoms. The van der Waals surface area contributed by atoms with Gasteiger partial charge in [0.1, 0.15) is 5.69 Å². The van der Waals surface area contributed by atoms with Crippen LogP contribution < -0.4 is 10.1 Å². The first-order valence-electron chi connectivity index (χ1n) is 11.8. The van der Waals surface area contributed by atoms with E-state index in [1.165, 1.54) is 36.1 Å². The number of pyridine rings is 2. The monoisotopic (exact) mass is 592 g/mol. The Bertz CT molecular complexity index is 1880. The molecule has 0 unspecified atom stereocenters. The van der Waals surface area contributed by atoms with Gasteiger partial charge in [0.05, 0.1) is 22.7 Å². The molecule has 15 heteroatoms. The molecule has 0 aliphatic rings. The van der Waals surface area contributed by atoms with Gasteiger partial charge in [0.15, 0.2) is 15.7 Å². The molecule has 5 rings (SSSR count). The molecular weight excluding hydrogens is 572 g/mol. The van der Waals surface area contributed by atoms with Crippen molar-refractivity contribution in [2.45, 2.75) is 11.8 Å². The van der Waals surface area contributed by atoms with Crippen molar-refractivity contribution in [3.8, 4) is 34.5 Å². The first-order valence-corrected chi connectivity index (χ1v) is 14.1. The summed E-state index contributed by atoms with van der Waals surface area (Å²) in [5.41, 5.74) is 1.77. The van der Waals surface area contributed by atoms with Crippen LogP contribution >= 0.6 is 11.6 Å². The van der Waals surface area contributed by atoms with E-state index in [2.05, 4.69) is 35.7 Å². The third-order valence-electron chi connectivity index (χ3n) is 5.69. The van der Waals surface area contributed by atoms with Crippen molar-refractivity contribution >= 4 is 38.9 Å². The minimum Gasteiger partial charge on any atom is -0.481 e. The minimum atomic E-state index is -3.45. The summed E-state index contributed by atoms with van der Waals surface area (Å²) in [6.45, 7) is 1.64. The second kappa shape index (κ2) is 11.3. The van der Waals surface area contributed by atoms with Gasteiger partial charge in [-0.05, 0) is 37.3 Å². The van der Waals surface area contributed by atoms with E-state index in [9.17, 15) is 13.2 Å². The predicted octanol–water partition coefficient (Wildman–Crippen LogP) is 3.88. The summed E-state index contributed by atoms with van der Waals surface area (Å²) in [5.74, 6) is 0.466. The standard InChI is InChI=1S/C26H21ClN8O5S/c1-15(24-32-33-25(40-24)16-10-11-28-22(13-16)39-2)12-21(36)30-26-34-31-23(35(26)20-7-5-4-6-18(20)27)19-9-8-17(14-29-19)41(3,37)38/h4-14H,1-3H3,(H,30,34,36)/b15-12+. The summed E-state index contributed by atoms with van der Waals surface area (Å²) in [7, 11) is -1.95. The highest BCUT2D eigenvalue weighted by Gasteiger charge is 2.21. The van der Waals surface area contributed by atoms with Gasteiger partial charge in [0.25, 0.3) is 5.91 Å². The normalized spacial score (nSPS) is 11.9. The fraction of sp³-hybridized carbons (Fsp3) is 0.115. The van der Waals surface area contributed by atoms with E-state index in [1.807, 2.05) is 0 Å². The number of para-hydroxylation sites is 1. The van der Waals surface area contributed by atoms with Gasteiger partial charge in [-0.25, -0.2) is 13.4 Å². The third-order valence-corrected chi connectivity index (χ3v) is 7.10. The second-order valence-electron chi connectivity index (χ2n) is 8.60. The van der Waals surface area contributed by atoms with Crippen molar-refractivity contribution in [1.82, 2.24) is 34.9 Å². The maximum atomic E-state index is 13.0. The zero-order valence-electron chi connectivity index (χ0n) is 21.8. The zero-order chi connectivity index (χ0) is 29.1. The van der Waals surface area contributed by atoms with E-state index in [0.717, 1.165) is 6.26 Å². The van der Waals surface area contributed by atoms with E-state index in [4.69, 9.17) is 20.8 Å². The number of nitrogens with one attached hydrogen (secondary N) is 1. The van der Waals surface area contributed by atoms with E-state index < -0.39 is 15.7 Å². The van der Waals surface area contributed by atoms with Crippen molar-refractivity contribution in [2.75, 3.05) is 18.7 Å². The van der Waals surface area contributed by atoms with Crippen LogP contribution in [0.3, 0.4) is 0 Å². The molecule has 1 N–H and O–H groups in total. The molecule has 0 fully saturated rings. The predicted molar refractivity (Wildman–Crippen MR) is 149 cm³/mol. The largest absolute Gasteiger partial charge is 0.481 e. The number of ether oxygens (including phenoxy) is 1. The number of anilines is 1. The number of methoxy groups -OCH3 is 1. The molecule has 0 saturated heterocycles. The molecule has 4 heterocycles. The summed E-state index contributed by atoms with van der Waals surface area (Å²) in [6, 6.07) is 13.1. The molecule has 1 aromatic carbocycles. The number of halogens is 1. The third kappa shape index (κ3) is 5.97. The topological polar surface area (TPSA) is 168 Å². The number of carbonyl (C=O) groups excluding carboxylic acids is 1. The molecule has 0 bridgehead atoms. The van der Waals surface area contributed by atoms with Crippen LogP contribution in [0.25, 0.3) is 34.2 Å². The van der Waals surface area contributed by atoms with Crippen LogP contribution in [-0.4, -0.2) is 62.6 Å². The lowest BCUT2D eigenvalue weighted by Gasteiger charge is -2.12. The average molecular weight is 593 g/mol. The first kappa shape index (κ1) is 27.6. The van der Waals surface area contributed by atoms with Crippen LogP contribution in [0.2, 0.25) is 5.02 Å². The SMILES string of the molecule is COc1cc(-c2nnc(/C(C)=C/C(=O)Nc3nnc(-c4ccc(S(C)(=O)=O)cn4)n3-c3ccccc3Cl)o2)ccn1. The van der Waals surface area contributed by atoms with Gasteiger partial charge >= 0.3 is 0 Å². The van der Waals surface area contributed by atoms with Crippen molar-refractivity contribution < 1.29 is 22.4 Å². The maximum Gasteiger partial charge on any atom is 0.251 e. The average Bonchev–Trinajstić information content (AvgIpc) is 3.61. The summed E-state index contributed by atoms with van der Waals surface area (Å²) >= 11 is 6.46. The van der Waals surface area contributed by atoms with E-state index in [1.54, 1.807) is 49.5 Å². The fourth-order valence-electron chi connectivity index (χ4n) is 3.68. The minimum absolute atomic E-state index is 0.0474. The van der Waals surface area contributed by atoms with Crippen molar-refractivity contribution in [1.29, 1.82) is 0 Å². The molecule has 0 saturated carbocycles. The number of allylic oxidation sites excluding steroid dienone is 1. The Morgan fingerprint density at radius 3 is 2.59 bits per heavy atom. The zero-order valence-corrected chi connectivity index (χ0v) is 23.4. The smallest absolute Gasteiger partial charge is 0.251 e. The molecule has 13 nitrogen and oxygen atoms in total. The summed E-state index contributed by atoms with van der Waals surface area (Å²) < 4.78 is 36.1. The van der Waals surface area contributed by atoms with Gasteiger partial charge in [-0.3, -0.25) is 19.7 Å². The fourth-order valence-corrected chi connectivity index (χ4v) is 4.46. The highest BCUT2D eigenvalue weighted by Crippen LogP contribution is 2.29. The summed E-state index contributed by atoms with van der Waals surface area (Å²) in [4.78, 5) is 21.4. The molecule has 4 aromatic heterocycles. The van der Waals surface area contributed by atoms with E-state index in [0.29, 0.717) is 33.4 Å². The lowest BCUT2D eigenvalue weighted by molar-refractivity contribution is -0.111. The van der Waals surface area contributed by atoms with E-state index in [-0.39, 0.29) is 28.4 Å². The maximum absolute atomic E-state index is 13.0. The Kier molecular flexibility index (Phi) is 7.59. The van der Waals surface area contributed by atoms with Gasteiger partial charge in [-0.15, -0.1) is 20.4 Å². The van der Waals surface area contributed by atoms with Crippen molar-refractivity contribution in [3.63, 3.8) is 0 Å². The second-order valence-corrected chi connectivity index (χ2v) is 11.0. The number of benzene rings is 1. The Morgan fingerprint density at radius 2 is 1.88 bits per heavy atom. The number of hydrogen-bond donors (Lipinski definition) is 1. The number of nitrogens with zero attached hydrogens (tertiary/aromatic N) is 7. The number of hydrogen-bond acceptors (Lipinski definition) is 11. The molecular formula is C26H21ClN8O5S. The highest BCUT2D eigenvalue weighted by molar-refractivity contribution is 7.90. The Labute approximate surface area is 238 Å². The van der Waals surface area contributed by atoms with Gasteiger partial charge in [-0.1, -0.05) is 23.7 Å².